The van der Waals surface area contributed by atoms with Crippen LogP contribution in [0.5, 0.6) is 0 Å². The van der Waals surface area contributed by atoms with Crippen molar-refractivity contribution in [3.05, 3.63) is 56.6 Å². The van der Waals surface area contributed by atoms with Crippen molar-refractivity contribution in [3.63, 3.8) is 0 Å². The highest BCUT2D eigenvalue weighted by molar-refractivity contribution is 5.72. The van der Waals surface area contributed by atoms with Crippen LogP contribution in [0, 0.1) is 20.2 Å². The summed E-state index contributed by atoms with van der Waals surface area (Å²) in [4.78, 5) is 23.1. The SMILES string of the molecule is CCCCCCOCC(O)CNc1cc(N(CC)CC)ccc1N=Nc1ccc([N+](=O)[O-])cc1[N+](=O)[O-]. The van der Waals surface area contributed by atoms with Crippen LogP contribution < -0.4 is 10.2 Å². The zero-order valence-electron chi connectivity index (χ0n) is 21.6. The minimum Gasteiger partial charge on any atom is -0.389 e. The number of nitrogens with zero attached hydrogens (tertiary/aromatic N) is 5. The summed E-state index contributed by atoms with van der Waals surface area (Å²) in [6.07, 6.45) is 3.63. The van der Waals surface area contributed by atoms with E-state index in [1.165, 1.54) is 6.07 Å². The number of anilines is 2. The lowest BCUT2D eigenvalue weighted by molar-refractivity contribution is -0.393. The molecule has 12 nitrogen and oxygen atoms in total. The molecule has 12 heteroatoms. The van der Waals surface area contributed by atoms with E-state index in [1.807, 2.05) is 26.0 Å². The number of nitrogens with one attached hydrogen (secondary N) is 1. The van der Waals surface area contributed by atoms with E-state index in [0.717, 1.165) is 56.6 Å². The molecule has 1 unspecified atom stereocenters. The third kappa shape index (κ3) is 9.39. The summed E-state index contributed by atoms with van der Waals surface area (Å²) in [5.74, 6) is 0. The first-order valence-corrected chi connectivity index (χ1v) is 12.5. The van der Waals surface area contributed by atoms with Gasteiger partial charge >= 0.3 is 5.69 Å². The van der Waals surface area contributed by atoms with Crippen molar-refractivity contribution in [1.82, 2.24) is 0 Å². The number of aliphatic hydroxyl groups excluding tert-OH is 1. The van der Waals surface area contributed by atoms with Crippen LogP contribution in [-0.4, -0.2) is 53.9 Å². The van der Waals surface area contributed by atoms with Crippen molar-refractivity contribution >= 4 is 34.1 Å². The summed E-state index contributed by atoms with van der Waals surface area (Å²) in [6, 6.07) is 8.67. The van der Waals surface area contributed by atoms with Gasteiger partial charge in [0, 0.05) is 38.0 Å². The number of nitro groups is 2. The lowest BCUT2D eigenvalue weighted by atomic mass is 10.2. The van der Waals surface area contributed by atoms with Gasteiger partial charge < -0.3 is 20.1 Å². The second kappa shape index (κ2) is 15.5. The van der Waals surface area contributed by atoms with Crippen molar-refractivity contribution < 1.29 is 19.7 Å². The second-order valence-electron chi connectivity index (χ2n) is 8.43. The highest BCUT2D eigenvalue weighted by Gasteiger charge is 2.19. The van der Waals surface area contributed by atoms with Gasteiger partial charge in [-0.05, 0) is 44.5 Å². The molecule has 2 aromatic carbocycles. The van der Waals surface area contributed by atoms with Crippen LogP contribution in [0.15, 0.2) is 46.6 Å². The molecule has 0 spiro atoms. The number of benzene rings is 2. The molecule has 0 heterocycles. The largest absolute Gasteiger partial charge is 0.389 e. The molecule has 0 saturated carbocycles. The molecule has 1 atom stereocenters. The minimum absolute atomic E-state index is 0.106. The number of nitro benzene ring substituents is 2. The molecular formula is C25H36N6O6. The number of hydrogen-bond acceptors (Lipinski definition) is 10. The predicted molar refractivity (Wildman–Crippen MR) is 143 cm³/mol. The van der Waals surface area contributed by atoms with E-state index < -0.39 is 27.3 Å². The molecule has 0 aliphatic heterocycles. The predicted octanol–water partition coefficient (Wildman–Crippen LogP) is 6.13. The standard InChI is InChI=1S/C25H36N6O6/c1-4-7-8-9-14-37-18-21(32)17-26-24-15-19(29(5-2)6-3)10-12-22(24)27-28-23-13-11-20(30(33)34)16-25(23)31(35)36/h10-13,15-16,21,26,32H,4-9,14,17-18H2,1-3H3. The molecule has 0 aliphatic carbocycles. The Kier molecular flexibility index (Phi) is 12.4. The molecule has 0 radical (unpaired) electrons. The zero-order valence-corrected chi connectivity index (χ0v) is 21.6. The van der Waals surface area contributed by atoms with Gasteiger partial charge in [0.25, 0.3) is 5.69 Å². The first kappa shape index (κ1) is 29.6. The van der Waals surface area contributed by atoms with E-state index in [1.54, 1.807) is 6.07 Å². The van der Waals surface area contributed by atoms with Crippen molar-refractivity contribution in [2.24, 2.45) is 10.2 Å². The molecule has 0 saturated heterocycles. The summed E-state index contributed by atoms with van der Waals surface area (Å²) < 4.78 is 5.57. The number of non-ortho nitro benzene ring substituents is 1. The smallest absolute Gasteiger partial charge is 0.303 e. The third-order valence-corrected chi connectivity index (χ3v) is 5.72. The van der Waals surface area contributed by atoms with Crippen LogP contribution in [0.4, 0.5) is 34.1 Å². The first-order valence-electron chi connectivity index (χ1n) is 12.5. The average Bonchev–Trinajstić information content (AvgIpc) is 2.89. The fourth-order valence-electron chi connectivity index (χ4n) is 3.64. The lowest BCUT2D eigenvalue weighted by Gasteiger charge is -2.22. The maximum absolute atomic E-state index is 11.4. The van der Waals surface area contributed by atoms with Crippen LogP contribution in [0.1, 0.15) is 46.5 Å². The molecule has 2 rings (SSSR count). The highest BCUT2D eigenvalue weighted by Crippen LogP contribution is 2.35. The number of aliphatic hydroxyl groups is 1. The molecule has 0 aliphatic rings. The number of unbranched alkanes of at least 4 members (excludes halogenated alkanes) is 3. The second-order valence-corrected chi connectivity index (χ2v) is 8.43. The molecule has 2 N–H and O–H groups in total. The number of hydrogen-bond donors (Lipinski definition) is 2. The third-order valence-electron chi connectivity index (χ3n) is 5.72. The van der Waals surface area contributed by atoms with Crippen molar-refractivity contribution in [3.8, 4) is 0 Å². The van der Waals surface area contributed by atoms with Gasteiger partial charge in [-0.2, -0.15) is 0 Å². The first-order chi connectivity index (χ1) is 17.8. The highest BCUT2D eigenvalue weighted by atomic mass is 16.6. The Hall–Kier alpha value is -3.64. The summed E-state index contributed by atoms with van der Waals surface area (Å²) in [5, 5.41) is 44.1. The van der Waals surface area contributed by atoms with Crippen LogP contribution in [0.3, 0.4) is 0 Å². The topological polar surface area (TPSA) is 156 Å². The van der Waals surface area contributed by atoms with Crippen LogP contribution in [0.2, 0.25) is 0 Å². The fraction of sp³-hybridized carbons (Fsp3) is 0.520. The van der Waals surface area contributed by atoms with E-state index in [9.17, 15) is 25.3 Å². The summed E-state index contributed by atoms with van der Waals surface area (Å²) >= 11 is 0. The summed E-state index contributed by atoms with van der Waals surface area (Å²) in [5.41, 5.74) is 0.896. The lowest BCUT2D eigenvalue weighted by Crippen LogP contribution is -2.25. The van der Waals surface area contributed by atoms with Gasteiger partial charge in [-0.25, -0.2) is 0 Å². The Balaban J connectivity index is 2.21. The van der Waals surface area contributed by atoms with E-state index >= 15 is 0 Å². The summed E-state index contributed by atoms with van der Waals surface area (Å²) in [6.45, 7) is 8.81. The number of ether oxygens (including phenoxy) is 1. The quantitative estimate of drug-likeness (QED) is 0.110. The van der Waals surface area contributed by atoms with Crippen LogP contribution >= 0.6 is 0 Å². The monoisotopic (exact) mass is 516 g/mol. The maximum Gasteiger partial charge on any atom is 0.303 e. The van der Waals surface area contributed by atoms with Crippen molar-refractivity contribution in [2.45, 2.75) is 52.6 Å². The van der Waals surface area contributed by atoms with Gasteiger partial charge in [0.05, 0.1) is 34.3 Å². The Morgan fingerprint density at radius 3 is 2.32 bits per heavy atom. The molecule has 0 aromatic heterocycles. The van der Waals surface area contributed by atoms with Crippen LogP contribution in [-0.2, 0) is 4.74 Å². The number of azo groups is 1. The molecule has 37 heavy (non-hydrogen) atoms. The van der Waals surface area contributed by atoms with Gasteiger partial charge in [0.2, 0.25) is 0 Å². The van der Waals surface area contributed by atoms with Gasteiger partial charge in [0.15, 0.2) is 5.69 Å². The van der Waals surface area contributed by atoms with Gasteiger partial charge in [-0.3, -0.25) is 20.2 Å². The van der Waals surface area contributed by atoms with Gasteiger partial charge in [-0.15, -0.1) is 10.2 Å². The molecule has 0 bridgehead atoms. The molecule has 0 fully saturated rings. The Bertz CT molecular complexity index is 1060. The molecule has 0 amide bonds. The number of rotatable bonds is 17. The summed E-state index contributed by atoms with van der Waals surface area (Å²) in [7, 11) is 0. The normalized spacial score (nSPS) is 12.0. The van der Waals surface area contributed by atoms with E-state index in [2.05, 4.69) is 27.4 Å². The average molecular weight is 517 g/mol. The maximum atomic E-state index is 11.4. The molecule has 202 valence electrons. The van der Waals surface area contributed by atoms with E-state index in [-0.39, 0.29) is 18.8 Å². The Morgan fingerprint density at radius 1 is 0.973 bits per heavy atom. The van der Waals surface area contributed by atoms with Crippen LogP contribution in [0.25, 0.3) is 0 Å². The minimum atomic E-state index is -0.746. The molecular weight excluding hydrogens is 480 g/mol. The van der Waals surface area contributed by atoms with Crippen molar-refractivity contribution in [1.29, 1.82) is 0 Å². The van der Waals surface area contributed by atoms with E-state index in [0.29, 0.717) is 18.0 Å². The molecule has 2 aromatic rings. The van der Waals surface area contributed by atoms with E-state index in [4.69, 9.17) is 4.74 Å². The fourth-order valence-corrected chi connectivity index (χ4v) is 3.64. The van der Waals surface area contributed by atoms with Gasteiger partial charge in [0.1, 0.15) is 5.69 Å². The Morgan fingerprint density at radius 2 is 1.68 bits per heavy atom. The van der Waals surface area contributed by atoms with Gasteiger partial charge in [-0.1, -0.05) is 26.2 Å². The Labute approximate surface area is 216 Å². The zero-order chi connectivity index (χ0) is 27.2. The van der Waals surface area contributed by atoms with Crippen molar-refractivity contribution in [2.75, 3.05) is 43.1 Å².